The summed E-state index contributed by atoms with van der Waals surface area (Å²) in [7, 11) is 3.48. The first-order chi connectivity index (χ1) is 11.4. The third-order valence-electron chi connectivity index (χ3n) is 5.25. The quantitative estimate of drug-likeness (QED) is 0.371. The number of nitrogens with zero attached hydrogens (tertiary/aromatic N) is 2. The summed E-state index contributed by atoms with van der Waals surface area (Å²) in [6.07, 6.45) is 6.82. The van der Waals surface area contributed by atoms with Gasteiger partial charge in [-0.1, -0.05) is 19.3 Å². The van der Waals surface area contributed by atoms with Crippen LogP contribution in [0.3, 0.4) is 0 Å². The number of rotatable bonds is 5. The van der Waals surface area contributed by atoms with Gasteiger partial charge in [0.15, 0.2) is 5.96 Å². The molecule has 0 radical (unpaired) electrons. The number of likely N-dealkylation sites (tertiary alicyclic amines) is 1. The lowest BCUT2D eigenvalue weighted by Crippen LogP contribution is -2.49. The van der Waals surface area contributed by atoms with Gasteiger partial charge in [-0.15, -0.1) is 24.0 Å². The molecule has 2 rings (SSSR count). The Hall–Kier alpha value is -0.570. The number of hydrogen-bond acceptors (Lipinski definition) is 3. The maximum Gasteiger partial charge on any atom is 0.225 e. The van der Waals surface area contributed by atoms with E-state index in [4.69, 9.17) is 4.74 Å². The number of ether oxygens (including phenoxy) is 1. The van der Waals surface area contributed by atoms with E-state index in [1.165, 1.54) is 19.3 Å². The highest BCUT2D eigenvalue weighted by Gasteiger charge is 2.31. The zero-order valence-electron chi connectivity index (χ0n) is 16.1. The monoisotopic (exact) mass is 466 g/mol. The standard InChI is InChI=1S/C18H34N4O2.HI/c1-18(2,24-4)13-20-17(19-3)21-15-10-11-22(12-15)16(23)14-8-6-5-7-9-14;/h14-15H,5-13H2,1-4H3,(H2,19,20,21);1H. The lowest BCUT2D eigenvalue weighted by molar-refractivity contribution is -0.135. The van der Waals surface area contributed by atoms with E-state index in [0.717, 1.165) is 38.3 Å². The van der Waals surface area contributed by atoms with E-state index in [0.29, 0.717) is 12.5 Å². The van der Waals surface area contributed by atoms with Crippen molar-refractivity contribution in [3.8, 4) is 0 Å². The minimum Gasteiger partial charge on any atom is -0.377 e. The van der Waals surface area contributed by atoms with Crippen LogP contribution in [0.15, 0.2) is 4.99 Å². The topological polar surface area (TPSA) is 66.0 Å². The number of halogens is 1. The first-order valence-corrected chi connectivity index (χ1v) is 9.26. The van der Waals surface area contributed by atoms with Crippen LogP contribution >= 0.6 is 24.0 Å². The first kappa shape index (κ1) is 22.5. The van der Waals surface area contributed by atoms with Gasteiger partial charge in [-0.2, -0.15) is 0 Å². The molecule has 1 heterocycles. The third-order valence-corrected chi connectivity index (χ3v) is 5.25. The average Bonchev–Trinajstić information content (AvgIpc) is 3.07. The predicted molar refractivity (Wildman–Crippen MR) is 113 cm³/mol. The lowest BCUT2D eigenvalue weighted by Gasteiger charge is -2.27. The van der Waals surface area contributed by atoms with Crippen LogP contribution in [-0.4, -0.2) is 62.2 Å². The Labute approximate surface area is 169 Å². The minimum absolute atomic E-state index is 0. The van der Waals surface area contributed by atoms with Crippen molar-refractivity contribution in [2.75, 3.05) is 33.8 Å². The number of aliphatic imine (C=N–C) groups is 1. The van der Waals surface area contributed by atoms with Gasteiger partial charge in [-0.25, -0.2) is 0 Å². The smallest absolute Gasteiger partial charge is 0.225 e. The number of carbonyl (C=O) groups excluding carboxylic acids is 1. The molecule has 1 unspecified atom stereocenters. The number of guanidine groups is 1. The highest BCUT2D eigenvalue weighted by Crippen LogP contribution is 2.26. The van der Waals surface area contributed by atoms with Crippen LogP contribution in [0.5, 0.6) is 0 Å². The zero-order valence-corrected chi connectivity index (χ0v) is 18.5. The molecule has 0 spiro atoms. The Morgan fingerprint density at radius 3 is 2.52 bits per heavy atom. The molecule has 2 aliphatic rings. The number of nitrogens with one attached hydrogen (secondary N) is 2. The maximum atomic E-state index is 12.6. The summed E-state index contributed by atoms with van der Waals surface area (Å²) in [6.45, 7) is 6.39. The van der Waals surface area contributed by atoms with Crippen LogP contribution in [0.4, 0.5) is 0 Å². The Kier molecular flexibility index (Phi) is 9.48. The summed E-state index contributed by atoms with van der Waals surface area (Å²) >= 11 is 0. The molecule has 7 heteroatoms. The molecule has 1 atom stereocenters. The van der Waals surface area contributed by atoms with Crippen LogP contribution in [0.25, 0.3) is 0 Å². The van der Waals surface area contributed by atoms with Crippen LogP contribution in [0.2, 0.25) is 0 Å². The molecule has 0 aromatic carbocycles. The van der Waals surface area contributed by atoms with E-state index >= 15 is 0 Å². The van der Waals surface area contributed by atoms with Gasteiger partial charge in [0.1, 0.15) is 0 Å². The second-order valence-electron chi connectivity index (χ2n) is 7.64. The molecule has 1 saturated carbocycles. The van der Waals surface area contributed by atoms with E-state index < -0.39 is 0 Å². The van der Waals surface area contributed by atoms with E-state index in [1.807, 2.05) is 18.7 Å². The van der Waals surface area contributed by atoms with Crippen molar-refractivity contribution >= 4 is 35.8 Å². The fraction of sp³-hybridized carbons (Fsp3) is 0.889. The molecule has 1 aliphatic heterocycles. The van der Waals surface area contributed by atoms with Gasteiger partial charge in [0.05, 0.1) is 5.60 Å². The van der Waals surface area contributed by atoms with Gasteiger partial charge in [-0.05, 0) is 33.1 Å². The number of methoxy groups -OCH3 is 1. The van der Waals surface area contributed by atoms with E-state index in [2.05, 4.69) is 15.6 Å². The van der Waals surface area contributed by atoms with Crippen LogP contribution in [-0.2, 0) is 9.53 Å². The summed E-state index contributed by atoms with van der Waals surface area (Å²) in [4.78, 5) is 19.0. The molecule has 25 heavy (non-hydrogen) atoms. The van der Waals surface area contributed by atoms with Gasteiger partial charge in [0.2, 0.25) is 5.91 Å². The lowest BCUT2D eigenvalue weighted by atomic mass is 9.88. The van der Waals surface area contributed by atoms with Crippen molar-refractivity contribution < 1.29 is 9.53 Å². The largest absolute Gasteiger partial charge is 0.377 e. The molecule has 1 aliphatic carbocycles. The third kappa shape index (κ3) is 6.92. The van der Waals surface area contributed by atoms with Crippen molar-refractivity contribution in [2.45, 2.75) is 64.0 Å². The van der Waals surface area contributed by atoms with E-state index in [-0.39, 0.29) is 41.5 Å². The van der Waals surface area contributed by atoms with E-state index in [9.17, 15) is 4.79 Å². The summed E-state index contributed by atoms with van der Waals surface area (Å²) in [5.74, 6) is 1.40. The normalized spacial score (nSPS) is 22.5. The molecular formula is C18H35IN4O2. The summed E-state index contributed by atoms with van der Waals surface area (Å²) in [6, 6.07) is 0.273. The van der Waals surface area contributed by atoms with Gasteiger partial charge in [0, 0.05) is 45.8 Å². The Morgan fingerprint density at radius 1 is 1.24 bits per heavy atom. The Bertz CT molecular complexity index is 450. The second-order valence-corrected chi connectivity index (χ2v) is 7.64. The van der Waals surface area contributed by atoms with E-state index in [1.54, 1.807) is 14.2 Å². The fourth-order valence-electron chi connectivity index (χ4n) is 3.44. The number of hydrogen-bond donors (Lipinski definition) is 2. The van der Waals surface area contributed by atoms with Crippen LogP contribution < -0.4 is 10.6 Å². The minimum atomic E-state index is -0.240. The molecule has 0 aromatic rings. The number of carbonyl (C=O) groups is 1. The molecule has 2 fully saturated rings. The van der Waals surface area contributed by atoms with Crippen LogP contribution in [0, 0.1) is 5.92 Å². The Morgan fingerprint density at radius 2 is 1.92 bits per heavy atom. The summed E-state index contributed by atoms with van der Waals surface area (Å²) < 4.78 is 5.42. The molecule has 1 amide bonds. The highest BCUT2D eigenvalue weighted by atomic mass is 127. The zero-order chi connectivity index (χ0) is 17.6. The summed E-state index contributed by atoms with van der Waals surface area (Å²) in [5.41, 5.74) is -0.240. The van der Waals surface area contributed by atoms with Crippen molar-refractivity contribution in [2.24, 2.45) is 10.9 Å². The SMILES string of the molecule is CN=C(NCC(C)(C)OC)NC1CCN(C(=O)C2CCCCC2)C1.I. The predicted octanol–water partition coefficient (Wildman–Crippen LogP) is 2.38. The molecule has 0 aromatic heterocycles. The highest BCUT2D eigenvalue weighted by molar-refractivity contribution is 14.0. The van der Waals surface area contributed by atoms with Crippen molar-refractivity contribution in [1.29, 1.82) is 0 Å². The molecule has 6 nitrogen and oxygen atoms in total. The van der Waals surface area contributed by atoms with Crippen molar-refractivity contribution in [1.82, 2.24) is 15.5 Å². The molecular weight excluding hydrogens is 431 g/mol. The molecule has 1 saturated heterocycles. The molecule has 2 N–H and O–H groups in total. The molecule has 0 bridgehead atoms. The first-order valence-electron chi connectivity index (χ1n) is 9.26. The van der Waals surface area contributed by atoms with Gasteiger partial charge >= 0.3 is 0 Å². The van der Waals surface area contributed by atoms with Crippen molar-refractivity contribution in [3.05, 3.63) is 0 Å². The molecule has 146 valence electrons. The average molecular weight is 466 g/mol. The summed E-state index contributed by atoms with van der Waals surface area (Å²) in [5, 5.41) is 6.74. The van der Waals surface area contributed by atoms with Crippen LogP contribution in [0.1, 0.15) is 52.4 Å². The Balaban J connectivity index is 0.00000312. The second kappa shape index (κ2) is 10.5. The number of amides is 1. The van der Waals surface area contributed by atoms with Gasteiger partial charge in [0.25, 0.3) is 0 Å². The fourth-order valence-corrected chi connectivity index (χ4v) is 3.44. The van der Waals surface area contributed by atoms with Gasteiger partial charge in [-0.3, -0.25) is 9.79 Å². The van der Waals surface area contributed by atoms with Crippen molar-refractivity contribution in [3.63, 3.8) is 0 Å². The maximum absolute atomic E-state index is 12.6. The van der Waals surface area contributed by atoms with Gasteiger partial charge < -0.3 is 20.3 Å².